The van der Waals surface area contributed by atoms with Gasteiger partial charge in [-0.2, -0.15) is 13.2 Å². The number of halogens is 3. The fraction of sp³-hybridized carbons (Fsp3) is 0.412. The lowest BCUT2D eigenvalue weighted by Gasteiger charge is -2.14. The van der Waals surface area contributed by atoms with Gasteiger partial charge in [0.25, 0.3) is 5.91 Å². The molecule has 142 valence electrons. The molecule has 26 heavy (non-hydrogen) atoms. The molecular weight excluding hydrogens is 351 g/mol. The minimum Gasteiger partial charge on any atom is -0.484 e. The summed E-state index contributed by atoms with van der Waals surface area (Å²) in [5, 5.41) is 10.1. The van der Waals surface area contributed by atoms with E-state index in [0.29, 0.717) is 24.8 Å². The van der Waals surface area contributed by atoms with Crippen LogP contribution in [0, 0.1) is 0 Å². The Morgan fingerprint density at radius 2 is 2.08 bits per heavy atom. The number of imidazole rings is 1. The zero-order chi connectivity index (χ0) is 19.2. The van der Waals surface area contributed by atoms with E-state index in [2.05, 4.69) is 4.98 Å². The maximum atomic E-state index is 12.3. The molecule has 0 saturated carbocycles. The largest absolute Gasteiger partial charge is 0.484 e. The Kier molecular flexibility index (Phi) is 6.62. The van der Waals surface area contributed by atoms with Crippen LogP contribution >= 0.6 is 0 Å². The number of aromatic nitrogens is 2. The Morgan fingerprint density at radius 1 is 1.35 bits per heavy atom. The van der Waals surface area contributed by atoms with Crippen LogP contribution in [-0.4, -0.2) is 39.5 Å². The first-order valence-electron chi connectivity index (χ1n) is 8.01. The molecule has 0 saturated heterocycles. The second-order valence-electron chi connectivity index (χ2n) is 5.88. The van der Waals surface area contributed by atoms with E-state index in [-0.39, 0.29) is 18.0 Å². The van der Waals surface area contributed by atoms with Crippen LogP contribution < -0.4 is 10.5 Å². The van der Waals surface area contributed by atoms with E-state index in [1.807, 2.05) is 0 Å². The number of alkyl halides is 3. The van der Waals surface area contributed by atoms with Crippen molar-refractivity contribution < 1.29 is 27.8 Å². The second kappa shape index (κ2) is 8.70. The number of rotatable bonds is 9. The van der Waals surface area contributed by atoms with Gasteiger partial charge < -0.3 is 20.1 Å². The topological polar surface area (TPSA) is 90.4 Å². The lowest BCUT2D eigenvalue weighted by Crippen LogP contribution is -2.19. The number of aliphatic hydroxyl groups excluding tert-OH is 1. The minimum atomic E-state index is -4.39. The highest BCUT2D eigenvalue weighted by Gasteiger charge is 2.28. The summed E-state index contributed by atoms with van der Waals surface area (Å²) in [6.45, 7) is -1.10. The maximum Gasteiger partial charge on any atom is 0.422 e. The predicted molar refractivity (Wildman–Crippen MR) is 87.7 cm³/mol. The van der Waals surface area contributed by atoms with E-state index < -0.39 is 24.8 Å². The van der Waals surface area contributed by atoms with Crippen LogP contribution in [0.1, 0.15) is 28.9 Å². The highest BCUT2D eigenvalue weighted by Crippen LogP contribution is 2.23. The van der Waals surface area contributed by atoms with Crippen LogP contribution in [0.4, 0.5) is 13.2 Å². The number of nitrogens with two attached hydrogens (primary N) is 1. The Labute approximate surface area is 148 Å². The lowest BCUT2D eigenvalue weighted by molar-refractivity contribution is -0.153. The summed E-state index contributed by atoms with van der Waals surface area (Å²) in [4.78, 5) is 14.8. The zero-order valence-corrected chi connectivity index (χ0v) is 13.9. The maximum absolute atomic E-state index is 12.3. The lowest BCUT2D eigenvalue weighted by atomic mass is 10.0. The van der Waals surface area contributed by atoms with Crippen molar-refractivity contribution in [2.75, 3.05) is 6.61 Å². The number of primary amides is 1. The summed E-state index contributed by atoms with van der Waals surface area (Å²) in [6, 6.07) is 6.53. The molecule has 2 aromatic rings. The van der Waals surface area contributed by atoms with Gasteiger partial charge in [-0.1, -0.05) is 18.2 Å². The quantitative estimate of drug-likeness (QED) is 0.708. The molecule has 0 radical (unpaired) electrons. The molecule has 0 fully saturated rings. The van der Waals surface area contributed by atoms with Gasteiger partial charge in [0.15, 0.2) is 6.61 Å². The zero-order valence-electron chi connectivity index (χ0n) is 13.9. The molecule has 0 aliphatic rings. The molecule has 2 rings (SSSR count). The van der Waals surface area contributed by atoms with E-state index in [4.69, 9.17) is 10.5 Å². The first-order valence-corrected chi connectivity index (χ1v) is 8.01. The number of carbonyl (C=O) groups excluding carboxylic acids is 1. The normalized spacial score (nSPS) is 12.8. The van der Waals surface area contributed by atoms with Crippen molar-refractivity contribution in [1.82, 2.24) is 9.55 Å². The van der Waals surface area contributed by atoms with E-state index in [1.165, 1.54) is 18.6 Å². The number of ether oxygens (including phenoxy) is 1. The monoisotopic (exact) mass is 371 g/mol. The van der Waals surface area contributed by atoms with Crippen molar-refractivity contribution in [1.29, 1.82) is 0 Å². The third-order valence-electron chi connectivity index (χ3n) is 3.65. The summed E-state index contributed by atoms with van der Waals surface area (Å²) in [7, 11) is 0. The van der Waals surface area contributed by atoms with Crippen molar-refractivity contribution in [3.05, 3.63) is 48.0 Å². The van der Waals surface area contributed by atoms with Crippen LogP contribution in [0.25, 0.3) is 0 Å². The van der Waals surface area contributed by atoms with Crippen LogP contribution in [0.5, 0.6) is 5.75 Å². The Hall–Kier alpha value is -2.55. The predicted octanol–water partition coefficient (Wildman–Crippen LogP) is 2.31. The molecule has 6 nitrogen and oxygen atoms in total. The highest BCUT2D eigenvalue weighted by molar-refractivity contribution is 5.90. The first kappa shape index (κ1) is 19.8. The van der Waals surface area contributed by atoms with Crippen molar-refractivity contribution in [2.24, 2.45) is 5.73 Å². The van der Waals surface area contributed by atoms with E-state index >= 15 is 0 Å². The number of hydrogen-bond donors (Lipinski definition) is 2. The van der Waals surface area contributed by atoms with E-state index in [1.54, 1.807) is 22.8 Å². The summed E-state index contributed by atoms with van der Waals surface area (Å²) < 4.78 is 43.3. The summed E-state index contributed by atoms with van der Waals surface area (Å²) in [5.74, 6) is -0.450. The van der Waals surface area contributed by atoms with Crippen molar-refractivity contribution in [3.8, 4) is 5.75 Å². The van der Waals surface area contributed by atoms with Gasteiger partial charge in [-0.05, 0) is 30.9 Å². The van der Waals surface area contributed by atoms with Gasteiger partial charge in [-0.15, -0.1) is 0 Å². The fourth-order valence-electron chi connectivity index (χ4n) is 2.46. The van der Waals surface area contributed by atoms with Gasteiger partial charge in [0.1, 0.15) is 11.4 Å². The molecule has 0 spiro atoms. The Morgan fingerprint density at radius 3 is 2.73 bits per heavy atom. The fourth-order valence-corrected chi connectivity index (χ4v) is 2.46. The summed E-state index contributed by atoms with van der Waals surface area (Å²) in [5.41, 5.74) is 5.88. The van der Waals surface area contributed by atoms with Gasteiger partial charge in [-0.3, -0.25) is 4.79 Å². The number of hydrogen-bond acceptors (Lipinski definition) is 4. The third-order valence-corrected chi connectivity index (χ3v) is 3.65. The van der Waals surface area contributed by atoms with Gasteiger partial charge in [0.2, 0.25) is 0 Å². The van der Waals surface area contributed by atoms with Crippen molar-refractivity contribution in [2.45, 2.75) is 38.1 Å². The minimum absolute atomic E-state index is 0.118. The van der Waals surface area contributed by atoms with Crippen LogP contribution in [0.3, 0.4) is 0 Å². The van der Waals surface area contributed by atoms with Gasteiger partial charge in [0.05, 0.1) is 12.4 Å². The van der Waals surface area contributed by atoms with Crippen molar-refractivity contribution >= 4 is 5.91 Å². The molecule has 1 aromatic carbocycles. The average molecular weight is 371 g/mol. The van der Waals surface area contributed by atoms with Crippen LogP contribution in [-0.2, 0) is 13.0 Å². The summed E-state index contributed by atoms with van der Waals surface area (Å²) >= 11 is 0. The number of benzene rings is 1. The van der Waals surface area contributed by atoms with E-state index in [0.717, 1.165) is 0 Å². The summed E-state index contributed by atoms with van der Waals surface area (Å²) in [6.07, 6.45) is -0.759. The third kappa shape index (κ3) is 6.40. The smallest absolute Gasteiger partial charge is 0.422 e. The number of aryl methyl sites for hydroxylation is 1. The van der Waals surface area contributed by atoms with Crippen molar-refractivity contribution in [3.63, 3.8) is 0 Å². The number of carbonyl (C=O) groups is 1. The molecule has 1 aromatic heterocycles. The molecule has 9 heteroatoms. The van der Waals surface area contributed by atoms with Crippen LogP contribution in [0.2, 0.25) is 0 Å². The number of amides is 1. The molecule has 0 bridgehead atoms. The SMILES string of the molecule is NC(=O)c1cn(CC(O)CCCc2ccccc2OCC(F)(F)F)cn1. The molecule has 0 aliphatic carbocycles. The Balaban J connectivity index is 1.82. The molecule has 1 heterocycles. The molecule has 1 unspecified atom stereocenters. The standard InChI is InChI=1S/C17H20F3N3O3/c18-17(19,20)10-26-15-7-2-1-4-12(15)5-3-6-13(24)8-23-9-14(16(21)25)22-11-23/h1-2,4,7,9,11,13,24H,3,5-6,8,10H2,(H2,21,25). The van der Waals surface area contributed by atoms with E-state index in [9.17, 15) is 23.1 Å². The highest BCUT2D eigenvalue weighted by atomic mass is 19.4. The average Bonchev–Trinajstić information content (AvgIpc) is 3.02. The number of para-hydroxylation sites is 1. The molecular formula is C17H20F3N3O3. The molecule has 0 aliphatic heterocycles. The second-order valence-corrected chi connectivity index (χ2v) is 5.88. The van der Waals surface area contributed by atoms with Gasteiger partial charge in [0, 0.05) is 12.7 Å². The molecule has 3 N–H and O–H groups in total. The molecule has 1 atom stereocenters. The number of nitrogens with zero attached hydrogens (tertiary/aromatic N) is 2. The molecule has 1 amide bonds. The Bertz CT molecular complexity index is 731. The number of aliphatic hydroxyl groups is 1. The van der Waals surface area contributed by atoms with Gasteiger partial charge in [-0.25, -0.2) is 4.98 Å². The van der Waals surface area contributed by atoms with Crippen LogP contribution in [0.15, 0.2) is 36.8 Å². The first-order chi connectivity index (χ1) is 12.2. The van der Waals surface area contributed by atoms with Gasteiger partial charge >= 0.3 is 6.18 Å².